The quantitative estimate of drug-likeness (QED) is 0.288. The maximum absolute atomic E-state index is 11.3. The number of hydrogen-bond acceptors (Lipinski definition) is 4. The first-order chi connectivity index (χ1) is 7.67. The Morgan fingerprint density at radius 3 is 2.25 bits per heavy atom. The van der Waals surface area contributed by atoms with E-state index in [1.165, 1.54) is 14.2 Å². The second-order valence-corrected chi connectivity index (χ2v) is 3.29. The van der Waals surface area contributed by atoms with Crippen molar-refractivity contribution < 1.29 is 19.1 Å². The van der Waals surface area contributed by atoms with Gasteiger partial charge in [-0.05, 0) is 25.3 Å². The predicted molar refractivity (Wildman–Crippen MR) is 59.7 cm³/mol. The van der Waals surface area contributed by atoms with Crippen LogP contribution in [0.25, 0.3) is 0 Å². The van der Waals surface area contributed by atoms with Crippen LogP contribution in [0.2, 0.25) is 0 Å². The van der Waals surface area contributed by atoms with E-state index in [1.807, 2.05) is 6.08 Å². The molecule has 0 radical (unpaired) electrons. The van der Waals surface area contributed by atoms with Gasteiger partial charge >= 0.3 is 11.9 Å². The van der Waals surface area contributed by atoms with Crippen LogP contribution in [0.3, 0.4) is 0 Å². The molecule has 4 nitrogen and oxygen atoms in total. The average molecular weight is 226 g/mol. The van der Waals surface area contributed by atoms with Crippen LogP contribution in [0, 0.1) is 5.92 Å². The molecule has 0 aromatic carbocycles. The van der Waals surface area contributed by atoms with Gasteiger partial charge in [0.2, 0.25) is 0 Å². The number of methoxy groups -OCH3 is 2. The standard InChI is InChI=1S/C12H18O4/c1-4-5-6-7-8-9-10(11(13)15-2)12(14)16-3/h5,10H,1,6-9H2,2-3H3. The van der Waals surface area contributed by atoms with Crippen LogP contribution in [-0.2, 0) is 19.1 Å². The summed E-state index contributed by atoms with van der Waals surface area (Å²) in [6.45, 7) is 3.45. The number of carbonyl (C=O) groups is 2. The Morgan fingerprint density at radius 2 is 1.81 bits per heavy atom. The van der Waals surface area contributed by atoms with Crippen molar-refractivity contribution in [3.8, 4) is 0 Å². The summed E-state index contributed by atoms with van der Waals surface area (Å²) >= 11 is 0. The van der Waals surface area contributed by atoms with E-state index in [0.717, 1.165) is 19.3 Å². The lowest BCUT2D eigenvalue weighted by Crippen LogP contribution is -2.26. The molecule has 0 rings (SSSR count). The molecule has 0 amide bonds. The van der Waals surface area contributed by atoms with Crippen molar-refractivity contribution >= 4 is 11.9 Å². The summed E-state index contributed by atoms with van der Waals surface area (Å²) in [7, 11) is 2.53. The third-order valence-corrected chi connectivity index (χ3v) is 2.21. The fourth-order valence-corrected chi connectivity index (χ4v) is 1.31. The minimum absolute atomic E-state index is 0.449. The highest BCUT2D eigenvalue weighted by Crippen LogP contribution is 2.13. The van der Waals surface area contributed by atoms with Crippen LogP contribution >= 0.6 is 0 Å². The molecular weight excluding hydrogens is 208 g/mol. The molecule has 16 heavy (non-hydrogen) atoms. The maximum Gasteiger partial charge on any atom is 0.320 e. The highest BCUT2D eigenvalue weighted by Gasteiger charge is 2.27. The van der Waals surface area contributed by atoms with Crippen molar-refractivity contribution in [3.05, 3.63) is 18.4 Å². The van der Waals surface area contributed by atoms with Crippen LogP contribution in [0.1, 0.15) is 25.7 Å². The van der Waals surface area contributed by atoms with Gasteiger partial charge in [0.05, 0.1) is 14.2 Å². The van der Waals surface area contributed by atoms with E-state index in [2.05, 4.69) is 21.8 Å². The van der Waals surface area contributed by atoms with Crippen LogP contribution in [0.15, 0.2) is 18.4 Å². The molecule has 0 bridgehead atoms. The van der Waals surface area contributed by atoms with Gasteiger partial charge in [0.25, 0.3) is 0 Å². The molecule has 0 aliphatic carbocycles. The van der Waals surface area contributed by atoms with Gasteiger partial charge in [0.15, 0.2) is 5.92 Å². The molecule has 0 saturated carbocycles. The predicted octanol–water partition coefficient (Wildman–Crippen LogP) is 1.85. The van der Waals surface area contributed by atoms with Gasteiger partial charge in [0.1, 0.15) is 0 Å². The first-order valence-electron chi connectivity index (χ1n) is 5.17. The summed E-state index contributed by atoms with van der Waals surface area (Å²) < 4.78 is 9.09. The molecule has 0 aromatic rings. The first kappa shape index (κ1) is 14.5. The molecule has 0 saturated heterocycles. The lowest BCUT2D eigenvalue weighted by Gasteiger charge is -2.11. The Hall–Kier alpha value is -1.54. The molecule has 0 N–H and O–H groups in total. The van der Waals surface area contributed by atoms with Gasteiger partial charge in [-0.25, -0.2) is 0 Å². The van der Waals surface area contributed by atoms with Crippen molar-refractivity contribution in [3.63, 3.8) is 0 Å². The molecule has 90 valence electrons. The number of rotatable bonds is 7. The Kier molecular flexibility index (Phi) is 7.90. The Bertz CT molecular complexity index is 261. The van der Waals surface area contributed by atoms with E-state index >= 15 is 0 Å². The van der Waals surface area contributed by atoms with Gasteiger partial charge in [0, 0.05) is 0 Å². The van der Waals surface area contributed by atoms with Crippen molar-refractivity contribution in [2.75, 3.05) is 14.2 Å². The summed E-state index contributed by atoms with van der Waals surface area (Å²) in [4.78, 5) is 22.6. The molecule has 0 spiro atoms. The summed E-state index contributed by atoms with van der Waals surface area (Å²) in [5.41, 5.74) is 2.67. The number of carbonyl (C=O) groups excluding carboxylic acids is 2. The second kappa shape index (κ2) is 8.74. The number of hydrogen-bond donors (Lipinski definition) is 0. The summed E-state index contributed by atoms with van der Waals surface area (Å²) in [6.07, 6.45) is 4.76. The summed E-state index contributed by atoms with van der Waals surface area (Å²) in [5, 5.41) is 0. The zero-order chi connectivity index (χ0) is 12.4. The van der Waals surface area contributed by atoms with Crippen LogP contribution in [0.4, 0.5) is 0 Å². The largest absolute Gasteiger partial charge is 0.468 e. The number of ether oxygens (including phenoxy) is 2. The van der Waals surface area contributed by atoms with Gasteiger partial charge < -0.3 is 9.47 Å². The summed E-state index contributed by atoms with van der Waals surface area (Å²) in [5.74, 6) is -1.88. The van der Waals surface area contributed by atoms with E-state index in [0.29, 0.717) is 6.42 Å². The van der Waals surface area contributed by atoms with Gasteiger partial charge in [-0.3, -0.25) is 9.59 Å². The minimum atomic E-state index is -0.803. The molecule has 0 atom stereocenters. The zero-order valence-electron chi connectivity index (χ0n) is 9.82. The summed E-state index contributed by atoms with van der Waals surface area (Å²) in [6, 6.07) is 0. The van der Waals surface area contributed by atoms with Crippen molar-refractivity contribution in [2.24, 2.45) is 5.92 Å². The normalized spacial score (nSPS) is 9.44. The van der Waals surface area contributed by atoms with Crippen molar-refractivity contribution in [1.29, 1.82) is 0 Å². The maximum atomic E-state index is 11.3. The second-order valence-electron chi connectivity index (χ2n) is 3.29. The van der Waals surface area contributed by atoms with E-state index in [-0.39, 0.29) is 0 Å². The molecule has 0 aromatic heterocycles. The Morgan fingerprint density at radius 1 is 1.25 bits per heavy atom. The molecular formula is C12H18O4. The lowest BCUT2D eigenvalue weighted by molar-refractivity contribution is -0.159. The molecule has 0 fully saturated rings. The fourth-order valence-electron chi connectivity index (χ4n) is 1.31. The average Bonchev–Trinajstić information content (AvgIpc) is 2.32. The minimum Gasteiger partial charge on any atom is -0.468 e. The van der Waals surface area contributed by atoms with Crippen LogP contribution < -0.4 is 0 Å². The number of unbranched alkanes of at least 4 members (excludes halogenated alkanes) is 2. The Labute approximate surface area is 95.9 Å². The van der Waals surface area contributed by atoms with Crippen LogP contribution in [-0.4, -0.2) is 26.2 Å². The smallest absolute Gasteiger partial charge is 0.320 e. The fraction of sp³-hybridized carbons (Fsp3) is 0.583. The monoisotopic (exact) mass is 226 g/mol. The zero-order valence-corrected chi connectivity index (χ0v) is 9.82. The van der Waals surface area contributed by atoms with E-state index in [9.17, 15) is 9.59 Å². The van der Waals surface area contributed by atoms with Gasteiger partial charge in [-0.1, -0.05) is 13.0 Å². The third kappa shape index (κ3) is 5.37. The van der Waals surface area contributed by atoms with E-state index in [4.69, 9.17) is 0 Å². The number of esters is 2. The molecule has 0 unspecified atom stereocenters. The van der Waals surface area contributed by atoms with Gasteiger partial charge in [-0.2, -0.15) is 0 Å². The Balaban J connectivity index is 4.07. The lowest BCUT2D eigenvalue weighted by atomic mass is 10.0. The highest BCUT2D eigenvalue weighted by molar-refractivity contribution is 5.94. The van der Waals surface area contributed by atoms with E-state index < -0.39 is 17.9 Å². The van der Waals surface area contributed by atoms with Crippen molar-refractivity contribution in [1.82, 2.24) is 0 Å². The van der Waals surface area contributed by atoms with Crippen LogP contribution in [0.5, 0.6) is 0 Å². The van der Waals surface area contributed by atoms with Gasteiger partial charge in [-0.15, -0.1) is 5.73 Å². The first-order valence-corrected chi connectivity index (χ1v) is 5.17. The SMILES string of the molecule is C=C=CCCCCC(C(=O)OC)C(=O)OC. The molecule has 0 heterocycles. The number of allylic oxidation sites excluding steroid dienone is 1. The van der Waals surface area contributed by atoms with E-state index in [1.54, 1.807) is 0 Å². The molecule has 0 aliphatic heterocycles. The van der Waals surface area contributed by atoms with Crippen molar-refractivity contribution in [2.45, 2.75) is 25.7 Å². The third-order valence-electron chi connectivity index (χ3n) is 2.21. The molecule has 0 aliphatic rings. The molecule has 4 heteroatoms. The topological polar surface area (TPSA) is 52.6 Å². The highest BCUT2D eigenvalue weighted by atomic mass is 16.5.